The fourth-order valence-corrected chi connectivity index (χ4v) is 2.17. The Bertz CT molecular complexity index is 378. The maximum Gasteiger partial charge on any atom is 0.251 e. The maximum atomic E-state index is 11.9. The van der Waals surface area contributed by atoms with Crippen LogP contribution in [0.5, 0.6) is 0 Å². The number of nitrogens with one attached hydrogen (secondary N) is 1. The van der Waals surface area contributed by atoms with E-state index in [0.717, 1.165) is 17.3 Å². The summed E-state index contributed by atoms with van der Waals surface area (Å²) in [4.78, 5) is 11.9. The van der Waals surface area contributed by atoms with Crippen molar-refractivity contribution in [1.29, 1.82) is 0 Å². The first-order valence-electron chi connectivity index (χ1n) is 6.09. The second-order valence-electron chi connectivity index (χ2n) is 4.63. The first kappa shape index (κ1) is 14.2. The summed E-state index contributed by atoms with van der Waals surface area (Å²) >= 11 is 3.37. The quantitative estimate of drug-likeness (QED) is 0.874. The van der Waals surface area contributed by atoms with Crippen LogP contribution in [0.15, 0.2) is 28.7 Å². The molecule has 0 heterocycles. The average Bonchev–Trinajstić information content (AvgIpc) is 2.28. The second-order valence-corrected chi connectivity index (χ2v) is 5.55. The molecule has 0 saturated carbocycles. The minimum absolute atomic E-state index is 0.00195. The number of carbonyl (C=O) groups excluding carboxylic acids is 1. The van der Waals surface area contributed by atoms with Crippen LogP contribution in [0.25, 0.3) is 0 Å². The van der Waals surface area contributed by atoms with Crippen molar-refractivity contribution in [3.8, 4) is 0 Å². The van der Waals surface area contributed by atoms with Crippen molar-refractivity contribution in [2.45, 2.75) is 39.7 Å². The average molecular weight is 298 g/mol. The molecule has 0 saturated heterocycles. The molecule has 1 aromatic rings. The van der Waals surface area contributed by atoms with Gasteiger partial charge in [0.2, 0.25) is 0 Å². The fraction of sp³-hybridized carbons (Fsp3) is 0.500. The van der Waals surface area contributed by atoms with E-state index < -0.39 is 0 Å². The van der Waals surface area contributed by atoms with E-state index >= 15 is 0 Å². The monoisotopic (exact) mass is 297 g/mol. The molecule has 0 aliphatic carbocycles. The molecule has 94 valence electrons. The standard InChI is InChI=1S/C14H20BrNO/c1-4-10(2)8-11(3)16-14(17)12-6-5-7-13(15)9-12/h5-7,9-11H,4,8H2,1-3H3,(H,16,17). The predicted octanol–water partition coefficient (Wildman–Crippen LogP) is 4.00. The van der Waals surface area contributed by atoms with Crippen LogP contribution in [0.1, 0.15) is 44.0 Å². The Morgan fingerprint density at radius 2 is 2.12 bits per heavy atom. The first-order chi connectivity index (χ1) is 8.02. The molecule has 2 nitrogen and oxygen atoms in total. The summed E-state index contributed by atoms with van der Waals surface area (Å²) in [7, 11) is 0. The number of amides is 1. The number of benzene rings is 1. The molecule has 0 aromatic heterocycles. The van der Waals surface area contributed by atoms with Crippen molar-refractivity contribution in [3.05, 3.63) is 34.3 Å². The summed E-state index contributed by atoms with van der Waals surface area (Å²) in [6.07, 6.45) is 2.17. The molecule has 3 heteroatoms. The van der Waals surface area contributed by atoms with Crippen molar-refractivity contribution in [3.63, 3.8) is 0 Å². The SMILES string of the molecule is CCC(C)CC(C)NC(=O)c1cccc(Br)c1. The summed E-state index contributed by atoms with van der Waals surface area (Å²) in [5, 5.41) is 3.03. The Hall–Kier alpha value is -0.830. The van der Waals surface area contributed by atoms with Gasteiger partial charge < -0.3 is 5.32 Å². The molecule has 0 fully saturated rings. The molecule has 1 amide bonds. The van der Waals surface area contributed by atoms with Gasteiger partial charge in [0.15, 0.2) is 0 Å². The highest BCUT2D eigenvalue weighted by Crippen LogP contribution is 2.13. The van der Waals surface area contributed by atoms with Crippen molar-refractivity contribution in [1.82, 2.24) is 5.32 Å². The second kappa shape index (κ2) is 6.80. The molecule has 2 unspecified atom stereocenters. The van der Waals surface area contributed by atoms with E-state index in [2.05, 4.69) is 42.0 Å². The lowest BCUT2D eigenvalue weighted by Gasteiger charge is -2.17. The lowest BCUT2D eigenvalue weighted by molar-refractivity contribution is 0.0935. The zero-order valence-electron chi connectivity index (χ0n) is 10.7. The van der Waals surface area contributed by atoms with E-state index in [0.29, 0.717) is 11.5 Å². The van der Waals surface area contributed by atoms with E-state index in [1.165, 1.54) is 0 Å². The lowest BCUT2D eigenvalue weighted by Crippen LogP contribution is -2.33. The van der Waals surface area contributed by atoms with Crippen LogP contribution in [0.2, 0.25) is 0 Å². The Balaban J connectivity index is 2.54. The van der Waals surface area contributed by atoms with E-state index in [4.69, 9.17) is 0 Å². The smallest absolute Gasteiger partial charge is 0.251 e. The molecule has 0 bridgehead atoms. The molecule has 17 heavy (non-hydrogen) atoms. The zero-order valence-corrected chi connectivity index (χ0v) is 12.3. The highest BCUT2D eigenvalue weighted by molar-refractivity contribution is 9.10. The topological polar surface area (TPSA) is 29.1 Å². The van der Waals surface area contributed by atoms with Gasteiger partial charge in [-0.25, -0.2) is 0 Å². The van der Waals surface area contributed by atoms with Crippen molar-refractivity contribution < 1.29 is 4.79 Å². The van der Waals surface area contributed by atoms with Gasteiger partial charge in [0.05, 0.1) is 0 Å². The molecule has 0 radical (unpaired) electrons. The van der Waals surface area contributed by atoms with Crippen LogP contribution >= 0.6 is 15.9 Å². The van der Waals surface area contributed by atoms with Crippen LogP contribution in [-0.2, 0) is 0 Å². The van der Waals surface area contributed by atoms with E-state index in [1.807, 2.05) is 24.3 Å². The number of halogens is 1. The summed E-state index contributed by atoms with van der Waals surface area (Å²) in [6.45, 7) is 6.44. The number of hydrogen-bond acceptors (Lipinski definition) is 1. The minimum atomic E-state index is 0.00195. The van der Waals surface area contributed by atoms with Gasteiger partial charge in [-0.15, -0.1) is 0 Å². The van der Waals surface area contributed by atoms with Crippen molar-refractivity contribution >= 4 is 21.8 Å². The van der Waals surface area contributed by atoms with Gasteiger partial charge in [0.25, 0.3) is 5.91 Å². The van der Waals surface area contributed by atoms with Crippen LogP contribution in [-0.4, -0.2) is 11.9 Å². The van der Waals surface area contributed by atoms with Crippen molar-refractivity contribution in [2.75, 3.05) is 0 Å². The van der Waals surface area contributed by atoms with Crippen LogP contribution in [0.4, 0.5) is 0 Å². The molecular formula is C14H20BrNO. The molecule has 1 rings (SSSR count). The zero-order chi connectivity index (χ0) is 12.8. The largest absolute Gasteiger partial charge is 0.350 e. The third-order valence-electron chi connectivity index (χ3n) is 2.92. The third kappa shape index (κ3) is 4.90. The summed E-state index contributed by atoms with van der Waals surface area (Å²) in [5.41, 5.74) is 0.704. The highest BCUT2D eigenvalue weighted by Gasteiger charge is 2.12. The van der Waals surface area contributed by atoms with E-state index in [9.17, 15) is 4.79 Å². The highest BCUT2D eigenvalue weighted by atomic mass is 79.9. The van der Waals surface area contributed by atoms with Gasteiger partial charge in [-0.3, -0.25) is 4.79 Å². The van der Waals surface area contributed by atoms with Gasteiger partial charge in [0, 0.05) is 16.1 Å². The molecule has 0 aliphatic rings. The summed E-state index contributed by atoms with van der Waals surface area (Å²) in [5.74, 6) is 0.648. The van der Waals surface area contributed by atoms with Crippen LogP contribution < -0.4 is 5.32 Å². The van der Waals surface area contributed by atoms with Gasteiger partial charge in [0.1, 0.15) is 0 Å². The summed E-state index contributed by atoms with van der Waals surface area (Å²) < 4.78 is 0.930. The molecule has 1 N–H and O–H groups in total. The summed E-state index contributed by atoms with van der Waals surface area (Å²) in [6, 6.07) is 7.68. The molecular weight excluding hydrogens is 278 g/mol. The third-order valence-corrected chi connectivity index (χ3v) is 3.41. The number of rotatable bonds is 5. The van der Waals surface area contributed by atoms with E-state index in [-0.39, 0.29) is 11.9 Å². The van der Waals surface area contributed by atoms with Crippen LogP contribution in [0.3, 0.4) is 0 Å². The first-order valence-corrected chi connectivity index (χ1v) is 6.88. The fourth-order valence-electron chi connectivity index (χ4n) is 1.77. The molecule has 0 spiro atoms. The van der Waals surface area contributed by atoms with Gasteiger partial charge in [-0.1, -0.05) is 42.3 Å². The van der Waals surface area contributed by atoms with Crippen molar-refractivity contribution in [2.24, 2.45) is 5.92 Å². The molecule has 0 aliphatic heterocycles. The minimum Gasteiger partial charge on any atom is -0.350 e. The van der Waals surface area contributed by atoms with Gasteiger partial charge in [-0.05, 0) is 37.5 Å². The Kier molecular flexibility index (Phi) is 5.69. The van der Waals surface area contributed by atoms with Gasteiger partial charge >= 0.3 is 0 Å². The molecule has 1 aromatic carbocycles. The Morgan fingerprint density at radius 3 is 2.71 bits per heavy atom. The maximum absolute atomic E-state index is 11.9. The predicted molar refractivity (Wildman–Crippen MR) is 75.1 cm³/mol. The normalized spacial score (nSPS) is 14.1. The van der Waals surface area contributed by atoms with Gasteiger partial charge in [-0.2, -0.15) is 0 Å². The number of hydrogen-bond donors (Lipinski definition) is 1. The number of carbonyl (C=O) groups is 1. The van der Waals surface area contributed by atoms with Crippen LogP contribution in [0, 0.1) is 5.92 Å². The molecule has 2 atom stereocenters. The lowest BCUT2D eigenvalue weighted by atomic mass is 10.0. The van der Waals surface area contributed by atoms with E-state index in [1.54, 1.807) is 0 Å². The Labute approximate surface area is 112 Å². The Morgan fingerprint density at radius 1 is 1.41 bits per heavy atom.